The molecular formula is C20H16O7. The molecule has 0 aliphatic rings. The van der Waals surface area contributed by atoms with E-state index in [1.165, 1.54) is 12.1 Å². The Hall–Kier alpha value is -3.74. The Morgan fingerprint density at radius 3 is 2.67 bits per heavy atom. The lowest BCUT2D eigenvalue weighted by Gasteiger charge is -2.10. The number of rotatable bonds is 6. The van der Waals surface area contributed by atoms with Crippen molar-refractivity contribution in [2.45, 2.75) is 6.42 Å². The maximum Gasteiger partial charge on any atom is 0.341 e. The topological polar surface area (TPSA) is 117 Å². The highest BCUT2D eigenvalue weighted by Gasteiger charge is 2.17. The van der Waals surface area contributed by atoms with Gasteiger partial charge in [0, 0.05) is 23.3 Å². The summed E-state index contributed by atoms with van der Waals surface area (Å²) >= 11 is 0. The summed E-state index contributed by atoms with van der Waals surface area (Å²) in [7, 11) is 0. The van der Waals surface area contributed by atoms with Crippen LogP contribution in [0.3, 0.4) is 0 Å². The highest BCUT2D eigenvalue weighted by molar-refractivity contribution is 5.89. The lowest BCUT2D eigenvalue weighted by molar-refractivity contribution is -0.139. The van der Waals surface area contributed by atoms with Crippen LogP contribution in [0.5, 0.6) is 17.2 Å². The Kier molecular flexibility index (Phi) is 4.85. The normalized spacial score (nSPS) is 10.7. The highest BCUT2D eigenvalue weighted by atomic mass is 16.5. The van der Waals surface area contributed by atoms with Gasteiger partial charge in [-0.2, -0.15) is 0 Å². The first-order valence-corrected chi connectivity index (χ1v) is 7.98. The van der Waals surface area contributed by atoms with E-state index in [9.17, 15) is 19.8 Å². The molecule has 0 aliphatic heterocycles. The first-order valence-electron chi connectivity index (χ1n) is 7.98. The molecule has 0 unspecified atom stereocenters. The molecule has 3 N–H and O–H groups in total. The van der Waals surface area contributed by atoms with Gasteiger partial charge < -0.3 is 24.5 Å². The Morgan fingerprint density at radius 2 is 1.96 bits per heavy atom. The van der Waals surface area contributed by atoms with Gasteiger partial charge in [-0.05, 0) is 18.6 Å². The van der Waals surface area contributed by atoms with Gasteiger partial charge in [0.1, 0.15) is 34.0 Å². The molecule has 0 saturated heterocycles. The molecule has 3 rings (SSSR count). The van der Waals surface area contributed by atoms with E-state index < -0.39 is 18.0 Å². The van der Waals surface area contributed by atoms with Crippen molar-refractivity contribution >= 4 is 16.9 Å². The van der Waals surface area contributed by atoms with Crippen molar-refractivity contribution in [2.24, 2.45) is 0 Å². The fourth-order valence-corrected chi connectivity index (χ4v) is 2.72. The molecule has 1 aromatic heterocycles. The van der Waals surface area contributed by atoms with Crippen LogP contribution >= 0.6 is 0 Å². The van der Waals surface area contributed by atoms with Crippen LogP contribution in [0.2, 0.25) is 0 Å². The maximum atomic E-state index is 12.5. The van der Waals surface area contributed by atoms with Gasteiger partial charge in [-0.1, -0.05) is 18.2 Å². The van der Waals surface area contributed by atoms with Crippen LogP contribution in [0, 0.1) is 0 Å². The molecule has 0 atom stereocenters. The fourth-order valence-electron chi connectivity index (χ4n) is 2.72. The number of hydrogen-bond acceptors (Lipinski definition) is 6. The summed E-state index contributed by atoms with van der Waals surface area (Å²) < 4.78 is 11.0. The second-order valence-electron chi connectivity index (χ2n) is 5.78. The van der Waals surface area contributed by atoms with Crippen LogP contribution in [0.4, 0.5) is 0 Å². The molecule has 7 nitrogen and oxygen atoms in total. The van der Waals surface area contributed by atoms with Gasteiger partial charge in [0.2, 0.25) is 0 Å². The van der Waals surface area contributed by atoms with Gasteiger partial charge in [-0.25, -0.2) is 4.79 Å². The summed E-state index contributed by atoms with van der Waals surface area (Å²) in [5.74, 6) is -1.23. The molecule has 0 aliphatic carbocycles. The Balaban J connectivity index is 2.17. The minimum atomic E-state index is -1.11. The second-order valence-corrected chi connectivity index (χ2v) is 5.78. The fraction of sp³-hybridized carbons (Fsp3) is 0.100. The first-order chi connectivity index (χ1) is 12.9. The van der Waals surface area contributed by atoms with Crippen molar-refractivity contribution in [1.29, 1.82) is 0 Å². The number of allylic oxidation sites excluding steroid dienone is 1. The summed E-state index contributed by atoms with van der Waals surface area (Å²) in [5.41, 5.74) is 0.386. The van der Waals surface area contributed by atoms with Gasteiger partial charge in [0.25, 0.3) is 0 Å². The molecule has 0 spiro atoms. The number of carboxylic acid groups (broad SMARTS) is 1. The number of carboxylic acids is 1. The molecule has 138 valence electrons. The van der Waals surface area contributed by atoms with E-state index >= 15 is 0 Å². The summed E-state index contributed by atoms with van der Waals surface area (Å²) in [5, 5.41) is 28.8. The number of carbonyl (C=O) groups is 1. The van der Waals surface area contributed by atoms with Crippen molar-refractivity contribution in [2.75, 3.05) is 6.61 Å². The average molecular weight is 368 g/mol. The van der Waals surface area contributed by atoms with Gasteiger partial charge >= 0.3 is 5.97 Å². The van der Waals surface area contributed by atoms with Crippen LogP contribution in [-0.2, 0) is 11.2 Å². The van der Waals surface area contributed by atoms with Gasteiger partial charge in [-0.15, -0.1) is 6.58 Å². The zero-order chi connectivity index (χ0) is 19.6. The SMILES string of the molecule is C=CCc1c(O)cc(O)c2c(=O)cc(-c3cccc(OCC(=O)O)c3)oc12. The summed E-state index contributed by atoms with van der Waals surface area (Å²) in [6, 6.07) is 8.70. The number of aliphatic carboxylic acids is 1. The molecule has 27 heavy (non-hydrogen) atoms. The Bertz CT molecular complexity index is 1100. The minimum absolute atomic E-state index is 0.0355. The van der Waals surface area contributed by atoms with Gasteiger partial charge in [-0.3, -0.25) is 4.79 Å². The summed E-state index contributed by atoms with van der Waals surface area (Å²) in [4.78, 5) is 23.2. The van der Waals surface area contributed by atoms with E-state index in [4.69, 9.17) is 14.3 Å². The van der Waals surface area contributed by atoms with Crippen molar-refractivity contribution in [3.8, 4) is 28.6 Å². The van der Waals surface area contributed by atoms with Crippen molar-refractivity contribution in [3.05, 3.63) is 64.8 Å². The largest absolute Gasteiger partial charge is 0.507 e. The average Bonchev–Trinajstić information content (AvgIpc) is 2.63. The number of benzene rings is 2. The van der Waals surface area contributed by atoms with Crippen molar-refractivity contribution < 1.29 is 29.3 Å². The molecule has 0 saturated carbocycles. The molecule has 3 aromatic rings. The lowest BCUT2D eigenvalue weighted by Crippen LogP contribution is -2.09. The third kappa shape index (κ3) is 3.62. The monoisotopic (exact) mass is 368 g/mol. The third-order valence-corrected chi connectivity index (χ3v) is 3.89. The van der Waals surface area contributed by atoms with Crippen molar-refractivity contribution in [3.63, 3.8) is 0 Å². The first kappa shape index (κ1) is 18.1. The summed E-state index contributed by atoms with van der Waals surface area (Å²) in [6.45, 7) is 3.11. The molecule has 0 fully saturated rings. The van der Waals surface area contributed by atoms with Crippen LogP contribution in [-0.4, -0.2) is 27.9 Å². The Labute approximate surface area is 153 Å². The number of ether oxygens (including phenoxy) is 1. The zero-order valence-electron chi connectivity index (χ0n) is 14.1. The highest BCUT2D eigenvalue weighted by Crippen LogP contribution is 2.35. The lowest BCUT2D eigenvalue weighted by atomic mass is 10.0. The molecular weight excluding hydrogens is 352 g/mol. The minimum Gasteiger partial charge on any atom is -0.507 e. The predicted octanol–water partition coefficient (Wildman–Crippen LogP) is 3.06. The third-order valence-electron chi connectivity index (χ3n) is 3.89. The van der Waals surface area contributed by atoms with E-state index in [1.54, 1.807) is 24.3 Å². The second kappa shape index (κ2) is 7.25. The molecule has 1 heterocycles. The number of hydrogen-bond donors (Lipinski definition) is 3. The number of fused-ring (bicyclic) bond motifs is 1. The molecule has 7 heteroatoms. The van der Waals surface area contributed by atoms with Crippen LogP contribution in [0.1, 0.15) is 5.56 Å². The predicted molar refractivity (Wildman–Crippen MR) is 98.3 cm³/mol. The number of phenols is 2. The zero-order valence-corrected chi connectivity index (χ0v) is 14.1. The number of aromatic hydroxyl groups is 2. The summed E-state index contributed by atoms with van der Waals surface area (Å²) in [6.07, 6.45) is 1.77. The number of phenolic OH excluding ortho intramolecular Hbond substituents is 2. The Morgan fingerprint density at radius 1 is 1.19 bits per heavy atom. The van der Waals surface area contributed by atoms with Gasteiger partial charge in [0.15, 0.2) is 12.0 Å². The van der Waals surface area contributed by atoms with E-state index in [0.29, 0.717) is 16.9 Å². The maximum absolute atomic E-state index is 12.5. The molecule has 0 amide bonds. The molecule has 2 aromatic carbocycles. The van der Waals surface area contributed by atoms with E-state index in [2.05, 4.69) is 6.58 Å². The van der Waals surface area contributed by atoms with Gasteiger partial charge in [0.05, 0.1) is 0 Å². The standard InChI is InChI=1S/C20H16O7/c1-2-4-13-14(21)8-15(22)19-16(23)9-17(27-20(13)19)11-5-3-6-12(7-11)26-10-18(24)25/h2-3,5-9,21-22H,1,4,10H2,(H,24,25). The van der Waals surface area contributed by atoms with E-state index in [-0.39, 0.29) is 34.6 Å². The molecule has 0 bridgehead atoms. The van der Waals surface area contributed by atoms with E-state index in [0.717, 1.165) is 6.07 Å². The quantitative estimate of drug-likeness (QED) is 0.572. The van der Waals surface area contributed by atoms with Crippen LogP contribution in [0.15, 0.2) is 58.3 Å². The van der Waals surface area contributed by atoms with Crippen LogP contribution in [0.25, 0.3) is 22.3 Å². The van der Waals surface area contributed by atoms with E-state index in [1.807, 2.05) is 0 Å². The molecule has 0 radical (unpaired) electrons. The smallest absolute Gasteiger partial charge is 0.341 e. The van der Waals surface area contributed by atoms with Crippen molar-refractivity contribution in [1.82, 2.24) is 0 Å². The van der Waals surface area contributed by atoms with Crippen LogP contribution < -0.4 is 10.2 Å².